The lowest BCUT2D eigenvalue weighted by Gasteiger charge is -2.03. The molecule has 0 bridgehead atoms. The molecule has 5 heteroatoms. The summed E-state index contributed by atoms with van der Waals surface area (Å²) in [5.74, 6) is -0.259. The Bertz CT molecular complexity index is 385. The van der Waals surface area contributed by atoms with Crippen molar-refractivity contribution in [2.75, 3.05) is 19.8 Å². The number of ketones is 1. The Labute approximate surface area is 101 Å². The van der Waals surface area contributed by atoms with Crippen LogP contribution in [-0.4, -0.2) is 36.4 Å². The molecule has 0 spiro atoms. The molecule has 0 radical (unpaired) electrons. The number of Topliss-reactive ketones (excluding diaryl/α,β-unsaturated/α-hetero) is 1. The van der Waals surface area contributed by atoms with Gasteiger partial charge < -0.3 is 15.0 Å². The van der Waals surface area contributed by atoms with Crippen LogP contribution in [0.15, 0.2) is 12.3 Å². The van der Waals surface area contributed by atoms with E-state index >= 15 is 0 Å². The van der Waals surface area contributed by atoms with Crippen molar-refractivity contribution in [2.45, 2.75) is 20.3 Å². The number of aromatic amines is 1. The standard InChI is InChI=1S/C12H18N2O3/c1-3-17-6-4-5-13-12(16)11-7-10(8-14-11)9(2)15/h7-8,14H,3-6H2,1-2H3,(H,13,16). The van der Waals surface area contributed by atoms with Gasteiger partial charge in [-0.15, -0.1) is 0 Å². The van der Waals surface area contributed by atoms with E-state index in [1.54, 1.807) is 6.07 Å². The van der Waals surface area contributed by atoms with Crippen molar-refractivity contribution in [3.8, 4) is 0 Å². The number of H-pyrrole nitrogens is 1. The average Bonchev–Trinajstić information content (AvgIpc) is 2.78. The summed E-state index contributed by atoms with van der Waals surface area (Å²) in [4.78, 5) is 25.4. The third kappa shape index (κ3) is 4.40. The summed E-state index contributed by atoms with van der Waals surface area (Å²) < 4.78 is 5.15. The van der Waals surface area contributed by atoms with Crippen LogP contribution in [0, 0.1) is 0 Å². The molecule has 0 unspecified atom stereocenters. The van der Waals surface area contributed by atoms with Crippen LogP contribution in [0.5, 0.6) is 0 Å². The number of ether oxygens (including phenoxy) is 1. The first kappa shape index (κ1) is 13.4. The van der Waals surface area contributed by atoms with Gasteiger partial charge in [-0.05, 0) is 26.3 Å². The van der Waals surface area contributed by atoms with Crippen LogP contribution >= 0.6 is 0 Å². The third-order valence-electron chi connectivity index (χ3n) is 2.29. The van der Waals surface area contributed by atoms with Crippen molar-refractivity contribution in [3.63, 3.8) is 0 Å². The normalized spacial score (nSPS) is 10.2. The van der Waals surface area contributed by atoms with Crippen molar-refractivity contribution >= 4 is 11.7 Å². The van der Waals surface area contributed by atoms with Crippen LogP contribution < -0.4 is 5.32 Å². The second kappa shape index (κ2) is 6.85. The van der Waals surface area contributed by atoms with E-state index in [0.29, 0.717) is 31.0 Å². The number of nitrogens with one attached hydrogen (secondary N) is 2. The molecule has 1 rings (SSSR count). The summed E-state index contributed by atoms with van der Waals surface area (Å²) >= 11 is 0. The minimum atomic E-state index is -0.200. The third-order valence-corrected chi connectivity index (χ3v) is 2.29. The Morgan fingerprint density at radius 2 is 2.24 bits per heavy atom. The van der Waals surface area contributed by atoms with Crippen LogP contribution in [0.1, 0.15) is 41.1 Å². The lowest BCUT2D eigenvalue weighted by Crippen LogP contribution is -2.25. The maximum atomic E-state index is 11.6. The molecule has 0 fully saturated rings. The summed E-state index contributed by atoms with van der Waals surface area (Å²) in [5, 5.41) is 2.75. The highest BCUT2D eigenvalue weighted by Gasteiger charge is 2.09. The van der Waals surface area contributed by atoms with E-state index in [-0.39, 0.29) is 11.7 Å². The first-order valence-electron chi connectivity index (χ1n) is 5.70. The SMILES string of the molecule is CCOCCCNC(=O)c1cc(C(C)=O)c[nH]1. The summed E-state index contributed by atoms with van der Waals surface area (Å²) in [6, 6.07) is 1.56. The van der Waals surface area contributed by atoms with Gasteiger partial charge in [0.15, 0.2) is 5.78 Å². The molecule has 0 aliphatic rings. The number of rotatable bonds is 7. The summed E-state index contributed by atoms with van der Waals surface area (Å²) in [7, 11) is 0. The Hall–Kier alpha value is -1.62. The minimum Gasteiger partial charge on any atom is -0.382 e. The van der Waals surface area contributed by atoms with Gasteiger partial charge in [0.2, 0.25) is 0 Å². The molecule has 0 atom stereocenters. The number of hydrogen-bond acceptors (Lipinski definition) is 3. The molecule has 1 heterocycles. The molecular formula is C12H18N2O3. The molecule has 0 saturated heterocycles. The van der Waals surface area contributed by atoms with Crippen LogP contribution in [0.2, 0.25) is 0 Å². The zero-order chi connectivity index (χ0) is 12.7. The summed E-state index contributed by atoms with van der Waals surface area (Å²) in [6.07, 6.45) is 2.32. The van der Waals surface area contributed by atoms with Crippen LogP contribution in [0.25, 0.3) is 0 Å². The van der Waals surface area contributed by atoms with Crippen molar-refractivity contribution in [1.29, 1.82) is 0 Å². The minimum absolute atomic E-state index is 0.0587. The van der Waals surface area contributed by atoms with E-state index < -0.39 is 0 Å². The molecular weight excluding hydrogens is 220 g/mol. The quantitative estimate of drug-likeness (QED) is 0.556. The van der Waals surface area contributed by atoms with Crippen LogP contribution in [0.3, 0.4) is 0 Å². The van der Waals surface area contributed by atoms with E-state index in [1.807, 2.05) is 6.92 Å². The fraction of sp³-hybridized carbons (Fsp3) is 0.500. The lowest BCUT2D eigenvalue weighted by molar-refractivity contribution is 0.0939. The van der Waals surface area contributed by atoms with Gasteiger partial charge in [0.25, 0.3) is 5.91 Å². The molecule has 1 aromatic heterocycles. The lowest BCUT2D eigenvalue weighted by atomic mass is 10.2. The first-order valence-corrected chi connectivity index (χ1v) is 5.70. The molecule has 0 saturated carbocycles. The topological polar surface area (TPSA) is 71.2 Å². The molecule has 1 amide bonds. The van der Waals surface area contributed by atoms with Gasteiger partial charge >= 0.3 is 0 Å². The fourth-order valence-corrected chi connectivity index (χ4v) is 1.34. The zero-order valence-electron chi connectivity index (χ0n) is 10.2. The van der Waals surface area contributed by atoms with E-state index in [9.17, 15) is 9.59 Å². The highest BCUT2D eigenvalue weighted by molar-refractivity contribution is 5.98. The monoisotopic (exact) mass is 238 g/mol. The molecule has 94 valence electrons. The molecule has 5 nitrogen and oxygen atoms in total. The summed E-state index contributed by atoms with van der Waals surface area (Å²) in [5.41, 5.74) is 0.927. The highest BCUT2D eigenvalue weighted by atomic mass is 16.5. The van der Waals surface area contributed by atoms with Crippen molar-refractivity contribution in [2.24, 2.45) is 0 Å². The Kier molecular flexibility index (Phi) is 5.42. The number of carbonyl (C=O) groups is 2. The smallest absolute Gasteiger partial charge is 0.267 e. The van der Waals surface area contributed by atoms with Gasteiger partial charge in [0.1, 0.15) is 5.69 Å². The molecule has 1 aromatic rings. The first-order chi connectivity index (χ1) is 8.15. The van der Waals surface area contributed by atoms with Crippen molar-refractivity contribution < 1.29 is 14.3 Å². The van der Waals surface area contributed by atoms with E-state index in [1.165, 1.54) is 13.1 Å². The largest absolute Gasteiger partial charge is 0.382 e. The summed E-state index contributed by atoms with van der Waals surface area (Å²) in [6.45, 7) is 5.29. The molecule has 0 aliphatic carbocycles. The van der Waals surface area contributed by atoms with Gasteiger partial charge in [0, 0.05) is 31.5 Å². The Balaban J connectivity index is 2.34. The number of amides is 1. The predicted octanol–water partition coefficient (Wildman–Crippen LogP) is 1.37. The molecule has 0 aliphatic heterocycles. The van der Waals surface area contributed by atoms with E-state index in [4.69, 9.17) is 4.74 Å². The fourth-order valence-electron chi connectivity index (χ4n) is 1.34. The van der Waals surface area contributed by atoms with Crippen molar-refractivity contribution in [3.05, 3.63) is 23.5 Å². The maximum Gasteiger partial charge on any atom is 0.267 e. The van der Waals surface area contributed by atoms with Gasteiger partial charge in [-0.2, -0.15) is 0 Å². The second-order valence-corrected chi connectivity index (χ2v) is 3.66. The molecule has 17 heavy (non-hydrogen) atoms. The highest BCUT2D eigenvalue weighted by Crippen LogP contribution is 2.03. The molecule has 0 aromatic carbocycles. The maximum absolute atomic E-state index is 11.6. The second-order valence-electron chi connectivity index (χ2n) is 3.66. The van der Waals surface area contributed by atoms with E-state index in [0.717, 1.165) is 6.42 Å². The average molecular weight is 238 g/mol. The van der Waals surface area contributed by atoms with Crippen LogP contribution in [0.4, 0.5) is 0 Å². The van der Waals surface area contributed by atoms with Gasteiger partial charge in [-0.25, -0.2) is 0 Å². The van der Waals surface area contributed by atoms with E-state index in [2.05, 4.69) is 10.3 Å². The number of aromatic nitrogens is 1. The predicted molar refractivity (Wildman–Crippen MR) is 64.2 cm³/mol. The molecule has 2 N–H and O–H groups in total. The zero-order valence-corrected chi connectivity index (χ0v) is 10.2. The Morgan fingerprint density at radius 1 is 1.47 bits per heavy atom. The van der Waals surface area contributed by atoms with Crippen LogP contribution in [-0.2, 0) is 4.74 Å². The Morgan fingerprint density at radius 3 is 2.82 bits per heavy atom. The van der Waals surface area contributed by atoms with Gasteiger partial charge in [-0.3, -0.25) is 9.59 Å². The van der Waals surface area contributed by atoms with Gasteiger partial charge in [0.05, 0.1) is 0 Å². The number of carbonyl (C=O) groups excluding carboxylic acids is 2. The van der Waals surface area contributed by atoms with Gasteiger partial charge in [-0.1, -0.05) is 0 Å². The number of hydrogen-bond donors (Lipinski definition) is 2. The van der Waals surface area contributed by atoms with Crippen molar-refractivity contribution in [1.82, 2.24) is 10.3 Å².